The molecule has 0 unspecified atom stereocenters. The van der Waals surface area contributed by atoms with Crippen molar-refractivity contribution in [1.29, 1.82) is 0 Å². The normalized spacial score (nSPS) is 22.1. The number of benzene rings is 1. The molecule has 2 aromatic rings. The summed E-state index contributed by atoms with van der Waals surface area (Å²) in [6.07, 6.45) is 6.96. The van der Waals surface area contributed by atoms with Gasteiger partial charge in [-0.05, 0) is 24.6 Å². The molecule has 1 aromatic heterocycles. The first-order chi connectivity index (χ1) is 12.8. The summed E-state index contributed by atoms with van der Waals surface area (Å²) in [4.78, 5) is 16.9. The number of hydrogen-bond acceptors (Lipinski definition) is 5. The number of halogens is 2. The van der Waals surface area contributed by atoms with Crippen molar-refractivity contribution in [3.63, 3.8) is 0 Å². The first-order valence-corrected chi connectivity index (χ1v) is 10.4. The van der Waals surface area contributed by atoms with Crippen molar-refractivity contribution >= 4 is 44.7 Å². The third-order valence-electron chi connectivity index (χ3n) is 3.89. The summed E-state index contributed by atoms with van der Waals surface area (Å²) in [6.45, 7) is -0.276. The Morgan fingerprint density at radius 3 is 2.96 bits per heavy atom. The molecule has 0 bridgehead atoms. The van der Waals surface area contributed by atoms with Gasteiger partial charge < -0.3 is 5.32 Å². The zero-order valence-corrected chi connectivity index (χ0v) is 16.1. The summed E-state index contributed by atoms with van der Waals surface area (Å²) in [6, 6.07) is 1.96. The number of anilines is 1. The van der Waals surface area contributed by atoms with E-state index in [9.17, 15) is 17.6 Å². The van der Waals surface area contributed by atoms with Crippen LogP contribution < -0.4 is 10.0 Å². The van der Waals surface area contributed by atoms with Crippen LogP contribution in [0.2, 0.25) is 5.02 Å². The van der Waals surface area contributed by atoms with Crippen LogP contribution in [-0.2, 0) is 15.0 Å². The summed E-state index contributed by atoms with van der Waals surface area (Å²) < 4.78 is 41.9. The highest BCUT2D eigenvalue weighted by Gasteiger charge is 2.43. The number of carbonyl (C=O) groups is 1. The summed E-state index contributed by atoms with van der Waals surface area (Å²) >= 11 is 7.00. The third-order valence-corrected chi connectivity index (χ3v) is 6.66. The number of terminal acetylenes is 1. The molecule has 1 fully saturated rings. The van der Waals surface area contributed by atoms with E-state index in [4.69, 9.17) is 18.0 Å². The van der Waals surface area contributed by atoms with E-state index in [1.165, 1.54) is 23.5 Å². The first-order valence-electron chi connectivity index (χ1n) is 7.69. The van der Waals surface area contributed by atoms with E-state index in [1.54, 1.807) is 11.6 Å². The summed E-state index contributed by atoms with van der Waals surface area (Å²) in [5, 5.41) is 4.66. The highest BCUT2D eigenvalue weighted by atomic mass is 35.5. The molecule has 0 aliphatic carbocycles. The van der Waals surface area contributed by atoms with Crippen LogP contribution in [0.25, 0.3) is 0 Å². The van der Waals surface area contributed by atoms with Gasteiger partial charge in [0.1, 0.15) is 16.9 Å². The Morgan fingerprint density at radius 1 is 1.56 bits per heavy atom. The minimum atomic E-state index is -4.00. The van der Waals surface area contributed by atoms with Crippen LogP contribution in [0.4, 0.5) is 10.1 Å². The van der Waals surface area contributed by atoms with E-state index in [0.29, 0.717) is 5.01 Å². The lowest BCUT2D eigenvalue weighted by molar-refractivity contribution is -0.120. The minimum Gasteiger partial charge on any atom is -0.325 e. The molecule has 1 saturated heterocycles. The standard InChI is InChI=1S/C16H14ClFN4O3S2/c1-2-6-22-14(15(23)20-10-3-4-12(18)11(17)8-10)9-13(21-27(22,24)25)16-19-5-7-26-16/h1,3-5,7-8,13-14,21H,6,9H2,(H,20,23)/t13-,14+/m1/s1. The number of nitrogens with zero attached hydrogens (tertiary/aromatic N) is 2. The van der Waals surface area contributed by atoms with Crippen molar-refractivity contribution in [1.82, 2.24) is 14.0 Å². The van der Waals surface area contributed by atoms with Gasteiger partial charge in [0.15, 0.2) is 0 Å². The molecule has 1 amide bonds. The predicted molar refractivity (Wildman–Crippen MR) is 101 cm³/mol. The summed E-state index contributed by atoms with van der Waals surface area (Å²) in [7, 11) is -4.00. The smallest absolute Gasteiger partial charge is 0.281 e. The monoisotopic (exact) mass is 428 g/mol. The average Bonchev–Trinajstić information content (AvgIpc) is 3.14. The lowest BCUT2D eigenvalue weighted by Gasteiger charge is -2.36. The Bertz CT molecular complexity index is 992. The van der Waals surface area contributed by atoms with E-state index in [0.717, 1.165) is 10.4 Å². The zero-order valence-electron chi connectivity index (χ0n) is 13.7. The molecular formula is C16H14ClFN4O3S2. The number of nitrogens with one attached hydrogen (secondary N) is 2. The van der Waals surface area contributed by atoms with E-state index in [2.05, 4.69) is 20.9 Å². The van der Waals surface area contributed by atoms with E-state index < -0.39 is 34.0 Å². The molecule has 27 heavy (non-hydrogen) atoms. The fourth-order valence-electron chi connectivity index (χ4n) is 2.68. The van der Waals surface area contributed by atoms with Crippen LogP contribution in [0.15, 0.2) is 29.8 Å². The highest BCUT2D eigenvalue weighted by molar-refractivity contribution is 7.87. The zero-order chi connectivity index (χ0) is 19.6. The molecule has 2 N–H and O–H groups in total. The summed E-state index contributed by atoms with van der Waals surface area (Å²) in [5.41, 5.74) is 0.244. The summed E-state index contributed by atoms with van der Waals surface area (Å²) in [5.74, 6) is 1.03. The van der Waals surface area contributed by atoms with Crippen molar-refractivity contribution in [2.24, 2.45) is 0 Å². The average molecular weight is 429 g/mol. The molecule has 1 aliphatic heterocycles. The van der Waals surface area contributed by atoms with Crippen molar-refractivity contribution in [3.8, 4) is 12.3 Å². The number of thiazole rings is 1. The quantitative estimate of drug-likeness (QED) is 0.730. The Kier molecular flexibility index (Phi) is 5.78. The number of amides is 1. The van der Waals surface area contributed by atoms with Crippen molar-refractivity contribution in [2.75, 3.05) is 11.9 Å². The van der Waals surface area contributed by atoms with Crippen molar-refractivity contribution < 1.29 is 17.6 Å². The molecule has 142 valence electrons. The van der Waals surface area contributed by atoms with Crippen LogP contribution in [0.5, 0.6) is 0 Å². The Morgan fingerprint density at radius 2 is 2.33 bits per heavy atom. The maximum Gasteiger partial charge on any atom is 0.281 e. The molecule has 2 atom stereocenters. The number of hydrogen-bond donors (Lipinski definition) is 2. The van der Waals surface area contributed by atoms with Gasteiger partial charge >= 0.3 is 0 Å². The molecular weight excluding hydrogens is 415 g/mol. The Hall–Kier alpha value is -2.03. The van der Waals surface area contributed by atoms with Gasteiger partial charge in [0.05, 0.1) is 17.6 Å². The van der Waals surface area contributed by atoms with Crippen LogP contribution in [0, 0.1) is 18.2 Å². The van der Waals surface area contributed by atoms with Gasteiger partial charge in [-0.2, -0.15) is 17.4 Å². The molecule has 11 heteroatoms. The number of aromatic nitrogens is 1. The molecule has 3 rings (SSSR count). The molecule has 1 aliphatic rings. The van der Waals surface area contributed by atoms with E-state index >= 15 is 0 Å². The SMILES string of the molecule is C#CCN1[C@H](C(=O)Nc2ccc(F)c(Cl)c2)C[C@H](c2nccs2)NS1(=O)=O. The Balaban J connectivity index is 1.89. The highest BCUT2D eigenvalue weighted by Crippen LogP contribution is 2.30. The van der Waals surface area contributed by atoms with Gasteiger partial charge in [-0.25, -0.2) is 9.37 Å². The second-order valence-electron chi connectivity index (χ2n) is 5.66. The van der Waals surface area contributed by atoms with E-state index in [-0.39, 0.29) is 23.7 Å². The van der Waals surface area contributed by atoms with Gasteiger partial charge in [-0.3, -0.25) is 4.79 Å². The number of rotatable bonds is 4. The van der Waals surface area contributed by atoms with Gasteiger partial charge in [0.2, 0.25) is 5.91 Å². The van der Waals surface area contributed by atoms with E-state index in [1.807, 2.05) is 0 Å². The van der Waals surface area contributed by atoms with Crippen LogP contribution in [-0.4, -0.2) is 36.2 Å². The first kappa shape index (κ1) is 19.7. The largest absolute Gasteiger partial charge is 0.325 e. The molecule has 0 saturated carbocycles. The molecule has 1 aromatic carbocycles. The van der Waals surface area contributed by atoms with Gasteiger partial charge in [0.25, 0.3) is 10.2 Å². The second-order valence-corrected chi connectivity index (χ2v) is 8.65. The van der Waals surface area contributed by atoms with Crippen molar-refractivity contribution in [3.05, 3.63) is 45.6 Å². The fraction of sp³-hybridized carbons (Fsp3) is 0.250. The van der Waals surface area contributed by atoms with Gasteiger partial charge in [0, 0.05) is 17.3 Å². The van der Waals surface area contributed by atoms with Crippen LogP contribution in [0.1, 0.15) is 17.5 Å². The van der Waals surface area contributed by atoms with Gasteiger partial charge in [-0.1, -0.05) is 17.5 Å². The Labute approximate surface area is 164 Å². The lowest BCUT2D eigenvalue weighted by Crippen LogP contribution is -2.57. The van der Waals surface area contributed by atoms with Crippen molar-refractivity contribution in [2.45, 2.75) is 18.5 Å². The second kappa shape index (κ2) is 7.92. The van der Waals surface area contributed by atoms with Gasteiger partial charge in [-0.15, -0.1) is 17.8 Å². The molecule has 2 heterocycles. The maximum atomic E-state index is 13.3. The maximum absolute atomic E-state index is 13.3. The topological polar surface area (TPSA) is 91.4 Å². The number of carbonyl (C=O) groups excluding carboxylic acids is 1. The molecule has 7 nitrogen and oxygen atoms in total. The van der Waals surface area contributed by atoms with Crippen LogP contribution in [0.3, 0.4) is 0 Å². The minimum absolute atomic E-state index is 0.134. The van der Waals surface area contributed by atoms with Crippen LogP contribution >= 0.6 is 22.9 Å². The molecule has 0 radical (unpaired) electrons. The lowest BCUT2D eigenvalue weighted by atomic mass is 10.1. The molecule has 0 spiro atoms. The predicted octanol–water partition coefficient (Wildman–Crippen LogP) is 2.16. The fourth-order valence-corrected chi connectivity index (χ4v) is 5.11. The third kappa shape index (κ3) is 4.28.